The summed E-state index contributed by atoms with van der Waals surface area (Å²) >= 11 is 0. The average Bonchev–Trinajstić information content (AvgIpc) is 3.08. The lowest BCUT2D eigenvalue weighted by molar-refractivity contribution is -0.151. The SMILES string of the molecule is CCC(N)C(=O)N(C(=O)OCC1c2ccccc2-c2ccccc21)[C@@H](CO)C(=O)O. The van der Waals surface area contributed by atoms with Crippen LogP contribution in [-0.4, -0.2) is 58.4 Å². The molecule has 0 fully saturated rings. The Morgan fingerprint density at radius 1 is 1.07 bits per heavy atom. The molecule has 2 amide bonds. The summed E-state index contributed by atoms with van der Waals surface area (Å²) in [5, 5.41) is 18.8. The molecule has 0 heterocycles. The highest BCUT2D eigenvalue weighted by molar-refractivity contribution is 5.99. The van der Waals surface area contributed by atoms with Crippen molar-refractivity contribution in [2.24, 2.45) is 5.73 Å². The number of carbonyl (C=O) groups is 3. The number of rotatable bonds is 7. The predicted molar refractivity (Wildman–Crippen MR) is 109 cm³/mol. The normalized spacial score (nSPS) is 14.4. The summed E-state index contributed by atoms with van der Waals surface area (Å²) in [4.78, 5) is 37.2. The fraction of sp³-hybridized carbons (Fsp3) is 0.318. The van der Waals surface area contributed by atoms with E-state index in [2.05, 4.69) is 0 Å². The van der Waals surface area contributed by atoms with Crippen molar-refractivity contribution in [3.63, 3.8) is 0 Å². The summed E-state index contributed by atoms with van der Waals surface area (Å²) in [6.07, 6.45) is -0.948. The first-order chi connectivity index (χ1) is 14.4. The number of aliphatic hydroxyl groups is 1. The van der Waals surface area contributed by atoms with Crippen LogP contribution in [0.15, 0.2) is 48.5 Å². The molecule has 4 N–H and O–H groups in total. The molecule has 2 atom stereocenters. The fourth-order valence-electron chi connectivity index (χ4n) is 3.66. The number of ether oxygens (including phenoxy) is 1. The van der Waals surface area contributed by atoms with E-state index < -0.39 is 36.7 Å². The van der Waals surface area contributed by atoms with E-state index in [0.717, 1.165) is 22.3 Å². The van der Waals surface area contributed by atoms with Crippen LogP contribution in [0.1, 0.15) is 30.4 Å². The highest BCUT2D eigenvalue weighted by Gasteiger charge is 2.38. The van der Waals surface area contributed by atoms with E-state index in [1.807, 2.05) is 48.5 Å². The summed E-state index contributed by atoms with van der Waals surface area (Å²) in [5.74, 6) is -2.69. The Kier molecular flexibility index (Phi) is 6.49. The van der Waals surface area contributed by atoms with Gasteiger partial charge in [0.25, 0.3) is 0 Å². The minimum Gasteiger partial charge on any atom is -0.480 e. The Bertz CT molecular complexity index is 915. The maximum absolute atomic E-state index is 12.7. The molecule has 8 heteroatoms. The molecular weight excluding hydrogens is 388 g/mol. The van der Waals surface area contributed by atoms with Crippen molar-refractivity contribution in [2.45, 2.75) is 31.3 Å². The van der Waals surface area contributed by atoms with Gasteiger partial charge in [0.2, 0.25) is 5.91 Å². The highest BCUT2D eigenvalue weighted by Crippen LogP contribution is 2.44. The lowest BCUT2D eigenvalue weighted by Gasteiger charge is -2.28. The van der Waals surface area contributed by atoms with Gasteiger partial charge in [-0.05, 0) is 28.7 Å². The van der Waals surface area contributed by atoms with Gasteiger partial charge in [0.05, 0.1) is 12.6 Å². The van der Waals surface area contributed by atoms with Crippen molar-refractivity contribution in [1.82, 2.24) is 4.90 Å². The van der Waals surface area contributed by atoms with Gasteiger partial charge in [-0.15, -0.1) is 0 Å². The Hall–Kier alpha value is -3.23. The second-order valence-corrected chi connectivity index (χ2v) is 7.06. The summed E-state index contributed by atoms with van der Waals surface area (Å²) in [5.41, 5.74) is 9.75. The van der Waals surface area contributed by atoms with Crippen LogP contribution < -0.4 is 5.73 Å². The summed E-state index contributed by atoms with van der Waals surface area (Å²) < 4.78 is 5.39. The Balaban J connectivity index is 1.85. The zero-order valence-electron chi connectivity index (χ0n) is 16.5. The number of hydrogen-bond acceptors (Lipinski definition) is 6. The van der Waals surface area contributed by atoms with Crippen LogP contribution >= 0.6 is 0 Å². The first kappa shape index (κ1) is 21.5. The molecule has 1 aliphatic carbocycles. The van der Waals surface area contributed by atoms with E-state index in [0.29, 0.717) is 4.90 Å². The number of benzene rings is 2. The van der Waals surface area contributed by atoms with Gasteiger partial charge < -0.3 is 20.7 Å². The second-order valence-electron chi connectivity index (χ2n) is 7.06. The van der Waals surface area contributed by atoms with Crippen LogP contribution in [0.25, 0.3) is 11.1 Å². The molecule has 0 radical (unpaired) electrons. The first-order valence-corrected chi connectivity index (χ1v) is 9.68. The molecule has 158 valence electrons. The molecule has 2 aromatic rings. The molecule has 0 aliphatic heterocycles. The molecule has 3 rings (SSSR count). The largest absolute Gasteiger partial charge is 0.480 e. The summed E-state index contributed by atoms with van der Waals surface area (Å²) in [7, 11) is 0. The van der Waals surface area contributed by atoms with Gasteiger partial charge in [-0.25, -0.2) is 14.5 Å². The van der Waals surface area contributed by atoms with E-state index in [4.69, 9.17) is 10.5 Å². The maximum atomic E-state index is 12.7. The molecular formula is C22H24N2O6. The van der Waals surface area contributed by atoms with E-state index in [9.17, 15) is 24.6 Å². The zero-order chi connectivity index (χ0) is 21.8. The zero-order valence-corrected chi connectivity index (χ0v) is 16.5. The lowest BCUT2D eigenvalue weighted by Crippen LogP contribution is -2.55. The molecule has 1 unspecified atom stereocenters. The standard InChI is InChI=1S/C22H24N2O6/c1-2-18(23)20(26)24(19(11-25)21(27)28)22(29)30-12-17-15-9-5-3-7-13(15)14-8-4-6-10-16(14)17/h3-10,17-19,25H,2,11-12,23H2,1H3,(H,27,28)/t18?,19-/m0/s1. The number of carboxylic acid groups (broad SMARTS) is 1. The first-order valence-electron chi connectivity index (χ1n) is 9.68. The summed E-state index contributed by atoms with van der Waals surface area (Å²) in [6, 6.07) is 12.6. The van der Waals surface area contributed by atoms with Crippen molar-refractivity contribution in [3.8, 4) is 11.1 Å². The number of fused-ring (bicyclic) bond motifs is 3. The van der Waals surface area contributed by atoms with Gasteiger partial charge in [0.1, 0.15) is 6.61 Å². The number of carboxylic acids is 1. The number of nitrogens with zero attached hydrogens (tertiary/aromatic N) is 1. The molecule has 0 aromatic heterocycles. The molecule has 0 saturated heterocycles. The van der Waals surface area contributed by atoms with Crippen LogP contribution in [0.4, 0.5) is 4.79 Å². The molecule has 2 aromatic carbocycles. The Labute approximate surface area is 173 Å². The number of carbonyl (C=O) groups excluding carboxylic acids is 2. The third kappa shape index (κ3) is 3.92. The quantitative estimate of drug-likeness (QED) is 0.633. The van der Waals surface area contributed by atoms with E-state index in [1.165, 1.54) is 0 Å². The van der Waals surface area contributed by atoms with E-state index >= 15 is 0 Å². The Morgan fingerprint density at radius 3 is 2.07 bits per heavy atom. The van der Waals surface area contributed by atoms with Crippen LogP contribution in [0, 0.1) is 0 Å². The average molecular weight is 412 g/mol. The third-order valence-corrected chi connectivity index (χ3v) is 5.30. The predicted octanol–water partition coefficient (Wildman–Crippen LogP) is 1.95. The highest BCUT2D eigenvalue weighted by atomic mass is 16.6. The molecule has 0 spiro atoms. The molecule has 8 nitrogen and oxygen atoms in total. The lowest BCUT2D eigenvalue weighted by atomic mass is 9.98. The second kappa shape index (κ2) is 9.06. The van der Waals surface area contributed by atoms with Crippen LogP contribution in [-0.2, 0) is 14.3 Å². The molecule has 30 heavy (non-hydrogen) atoms. The number of aliphatic hydroxyl groups excluding tert-OH is 1. The van der Waals surface area contributed by atoms with Gasteiger partial charge in [-0.3, -0.25) is 4.79 Å². The number of amides is 2. The van der Waals surface area contributed by atoms with Crippen LogP contribution in [0.5, 0.6) is 0 Å². The van der Waals surface area contributed by atoms with Gasteiger partial charge in [-0.1, -0.05) is 55.5 Å². The summed E-state index contributed by atoms with van der Waals surface area (Å²) in [6.45, 7) is 0.602. The van der Waals surface area contributed by atoms with Gasteiger partial charge in [-0.2, -0.15) is 0 Å². The van der Waals surface area contributed by atoms with Gasteiger partial charge in [0.15, 0.2) is 6.04 Å². The van der Waals surface area contributed by atoms with Crippen molar-refractivity contribution >= 4 is 18.0 Å². The third-order valence-electron chi connectivity index (χ3n) is 5.30. The number of hydrogen-bond donors (Lipinski definition) is 3. The van der Waals surface area contributed by atoms with Gasteiger partial charge >= 0.3 is 12.1 Å². The van der Waals surface area contributed by atoms with Crippen LogP contribution in [0.3, 0.4) is 0 Å². The number of nitrogens with two attached hydrogens (primary N) is 1. The maximum Gasteiger partial charge on any atom is 0.417 e. The minimum atomic E-state index is -1.77. The van der Waals surface area contributed by atoms with Crippen molar-refractivity contribution in [1.29, 1.82) is 0 Å². The van der Waals surface area contributed by atoms with E-state index in [-0.39, 0.29) is 18.9 Å². The van der Waals surface area contributed by atoms with Crippen molar-refractivity contribution in [3.05, 3.63) is 59.7 Å². The topological polar surface area (TPSA) is 130 Å². The van der Waals surface area contributed by atoms with Crippen molar-refractivity contribution < 1.29 is 29.3 Å². The monoisotopic (exact) mass is 412 g/mol. The Morgan fingerprint density at radius 2 is 1.60 bits per heavy atom. The molecule has 0 bridgehead atoms. The fourth-order valence-corrected chi connectivity index (χ4v) is 3.66. The smallest absolute Gasteiger partial charge is 0.417 e. The van der Waals surface area contributed by atoms with Crippen molar-refractivity contribution in [2.75, 3.05) is 13.2 Å². The minimum absolute atomic E-state index is 0.0875. The number of aliphatic carboxylic acids is 1. The van der Waals surface area contributed by atoms with E-state index in [1.54, 1.807) is 6.92 Å². The number of imide groups is 1. The van der Waals surface area contributed by atoms with Crippen LogP contribution in [0.2, 0.25) is 0 Å². The van der Waals surface area contributed by atoms with Gasteiger partial charge in [0, 0.05) is 5.92 Å². The molecule has 1 aliphatic rings. The molecule has 0 saturated carbocycles.